The van der Waals surface area contributed by atoms with Crippen molar-refractivity contribution >= 4 is 17.1 Å². The lowest BCUT2D eigenvalue weighted by atomic mass is 10.0. The van der Waals surface area contributed by atoms with Crippen LogP contribution >= 0.6 is 0 Å². The summed E-state index contributed by atoms with van der Waals surface area (Å²) in [7, 11) is 1.57. The first-order chi connectivity index (χ1) is 16.7. The molecule has 3 aromatic rings. The summed E-state index contributed by atoms with van der Waals surface area (Å²) in [5, 5.41) is 2.56. The van der Waals surface area contributed by atoms with Gasteiger partial charge in [-0.1, -0.05) is 0 Å². The Labute approximate surface area is 199 Å². The van der Waals surface area contributed by atoms with E-state index in [-0.39, 0.29) is 11.8 Å². The van der Waals surface area contributed by atoms with Crippen LogP contribution < -0.4 is 15.8 Å². The Morgan fingerprint density at radius 3 is 2.57 bits per heavy atom. The average molecular weight is 490 g/mol. The number of nitrogens with one attached hydrogen (secondary N) is 2. The minimum absolute atomic E-state index is 0.0447. The first kappa shape index (κ1) is 23.3. The molecule has 2 aliphatic heterocycles. The Morgan fingerprint density at radius 2 is 1.91 bits per heavy atom. The Bertz CT molecular complexity index is 1280. The van der Waals surface area contributed by atoms with E-state index in [1.54, 1.807) is 25.5 Å². The summed E-state index contributed by atoms with van der Waals surface area (Å²) in [6, 6.07) is 4.03. The highest BCUT2D eigenvalue weighted by Gasteiger charge is 2.37. The van der Waals surface area contributed by atoms with Crippen molar-refractivity contribution in [3.8, 4) is 0 Å². The molecule has 0 radical (unpaired) electrons. The molecule has 0 aliphatic carbocycles. The average Bonchev–Trinajstić information content (AvgIpc) is 3.52. The zero-order valence-electron chi connectivity index (χ0n) is 19.2. The van der Waals surface area contributed by atoms with E-state index in [4.69, 9.17) is 0 Å². The number of aromatic nitrogens is 4. The topological polar surface area (TPSA) is 98.6 Å². The maximum Gasteiger partial charge on any atom is 0.435 e. The summed E-state index contributed by atoms with van der Waals surface area (Å²) in [6.07, 6.45) is 2.42. The molecule has 0 spiro atoms. The van der Waals surface area contributed by atoms with Crippen molar-refractivity contribution in [3.63, 3.8) is 0 Å². The Morgan fingerprint density at radius 1 is 1.14 bits per heavy atom. The Hall–Kier alpha value is -3.41. The van der Waals surface area contributed by atoms with Crippen LogP contribution in [0.2, 0.25) is 0 Å². The van der Waals surface area contributed by atoms with Crippen LogP contribution in [0, 0.1) is 0 Å². The summed E-state index contributed by atoms with van der Waals surface area (Å²) in [4.78, 5) is 39.1. The summed E-state index contributed by atoms with van der Waals surface area (Å²) >= 11 is 0. The molecule has 2 saturated heterocycles. The van der Waals surface area contributed by atoms with Gasteiger partial charge in [0, 0.05) is 50.5 Å². The maximum absolute atomic E-state index is 13.1. The number of carbonyl (C=O) groups is 1. The van der Waals surface area contributed by atoms with E-state index in [9.17, 15) is 22.8 Å². The number of hydrogen-bond acceptors (Lipinski definition) is 6. The molecule has 0 bridgehead atoms. The van der Waals surface area contributed by atoms with Gasteiger partial charge in [0.25, 0.3) is 11.5 Å². The van der Waals surface area contributed by atoms with Crippen molar-refractivity contribution in [1.29, 1.82) is 0 Å². The molecule has 1 amide bonds. The van der Waals surface area contributed by atoms with Crippen LogP contribution in [0.4, 0.5) is 18.9 Å². The molecular weight excluding hydrogens is 463 g/mol. The predicted octanol–water partition coefficient (Wildman–Crippen LogP) is 2.25. The molecule has 0 aromatic carbocycles. The van der Waals surface area contributed by atoms with Crippen LogP contribution in [0.25, 0.3) is 5.52 Å². The Balaban J connectivity index is 1.22. The van der Waals surface area contributed by atoms with E-state index >= 15 is 0 Å². The number of rotatable bonds is 4. The number of carbonyl (C=O) groups excluding carboxylic acids is 1. The number of likely N-dealkylation sites (tertiary alicyclic amines) is 1. The lowest BCUT2D eigenvalue weighted by Crippen LogP contribution is -2.44. The monoisotopic (exact) mass is 489 g/mol. The molecule has 1 unspecified atom stereocenters. The molecule has 3 aromatic heterocycles. The second kappa shape index (κ2) is 8.99. The molecular formula is C23H26F3N7O2. The molecule has 1 atom stereocenters. The van der Waals surface area contributed by atoms with Crippen LogP contribution in [-0.2, 0) is 6.18 Å². The third-order valence-corrected chi connectivity index (χ3v) is 7.03. The fraction of sp³-hybridized carbons (Fsp3) is 0.478. The normalized spacial score (nSPS) is 20.0. The van der Waals surface area contributed by atoms with Gasteiger partial charge in [0.2, 0.25) is 0 Å². The van der Waals surface area contributed by atoms with Gasteiger partial charge in [-0.2, -0.15) is 13.2 Å². The van der Waals surface area contributed by atoms with Crippen LogP contribution in [0.5, 0.6) is 0 Å². The van der Waals surface area contributed by atoms with E-state index in [1.165, 1.54) is 4.40 Å². The van der Waals surface area contributed by atoms with Gasteiger partial charge in [-0.3, -0.25) is 18.9 Å². The van der Waals surface area contributed by atoms with E-state index in [0.717, 1.165) is 57.5 Å². The summed E-state index contributed by atoms with van der Waals surface area (Å²) in [6.45, 7) is 3.35. The van der Waals surface area contributed by atoms with E-state index in [1.807, 2.05) is 6.07 Å². The predicted molar refractivity (Wildman–Crippen MR) is 123 cm³/mol. The zero-order valence-corrected chi connectivity index (χ0v) is 19.2. The lowest BCUT2D eigenvalue weighted by molar-refractivity contribution is -0.139. The van der Waals surface area contributed by atoms with Gasteiger partial charge in [0.15, 0.2) is 5.69 Å². The number of hydrogen-bond donors (Lipinski definition) is 2. The van der Waals surface area contributed by atoms with Gasteiger partial charge < -0.3 is 15.2 Å². The van der Waals surface area contributed by atoms with Crippen LogP contribution in [0.1, 0.15) is 47.1 Å². The van der Waals surface area contributed by atoms with Crippen LogP contribution in [0.15, 0.2) is 35.6 Å². The van der Waals surface area contributed by atoms with E-state index in [0.29, 0.717) is 17.4 Å². The highest BCUT2D eigenvalue weighted by atomic mass is 19.4. The highest BCUT2D eigenvalue weighted by Crippen LogP contribution is 2.33. The van der Waals surface area contributed by atoms with Crippen molar-refractivity contribution in [2.24, 2.45) is 0 Å². The zero-order chi connectivity index (χ0) is 24.7. The fourth-order valence-corrected chi connectivity index (χ4v) is 5.17. The SMILES string of the molecule is CNC(=O)c1ccc(N2CCC(N3CCC(c4cn5cnc(C(F)(F)F)c5c(=O)[nH]4)C3)CC2)cn1. The van der Waals surface area contributed by atoms with E-state index in [2.05, 4.69) is 30.1 Å². The number of imidazole rings is 1. The van der Waals surface area contributed by atoms with Crippen molar-refractivity contribution in [3.05, 3.63) is 58.3 Å². The molecule has 2 N–H and O–H groups in total. The summed E-state index contributed by atoms with van der Waals surface area (Å²) in [5.74, 6) is -0.170. The summed E-state index contributed by atoms with van der Waals surface area (Å²) < 4.78 is 40.6. The second-order valence-corrected chi connectivity index (χ2v) is 9.06. The number of alkyl halides is 3. The highest BCUT2D eigenvalue weighted by molar-refractivity contribution is 5.92. The van der Waals surface area contributed by atoms with Crippen LogP contribution in [0.3, 0.4) is 0 Å². The molecule has 0 saturated carbocycles. The number of nitrogens with zero attached hydrogens (tertiary/aromatic N) is 5. The maximum atomic E-state index is 13.1. The second-order valence-electron chi connectivity index (χ2n) is 9.06. The van der Waals surface area contributed by atoms with Crippen molar-refractivity contribution < 1.29 is 18.0 Å². The minimum Gasteiger partial charge on any atom is -0.370 e. The molecule has 5 heterocycles. The van der Waals surface area contributed by atoms with Gasteiger partial charge in [-0.25, -0.2) is 9.97 Å². The molecule has 5 rings (SSSR count). The van der Waals surface area contributed by atoms with Gasteiger partial charge in [-0.15, -0.1) is 0 Å². The minimum atomic E-state index is -4.68. The molecule has 186 valence electrons. The van der Waals surface area contributed by atoms with Crippen molar-refractivity contribution in [2.45, 2.75) is 37.4 Å². The summed E-state index contributed by atoms with van der Waals surface area (Å²) in [5.41, 5.74) is -0.397. The molecule has 9 nitrogen and oxygen atoms in total. The van der Waals surface area contributed by atoms with Crippen molar-refractivity contribution in [1.82, 2.24) is 29.6 Å². The molecule has 12 heteroatoms. The number of piperidine rings is 1. The van der Waals surface area contributed by atoms with Crippen LogP contribution in [-0.4, -0.2) is 69.4 Å². The number of amides is 1. The molecule has 35 heavy (non-hydrogen) atoms. The number of H-pyrrole nitrogens is 1. The quantitative estimate of drug-likeness (QED) is 0.584. The number of fused-ring (bicyclic) bond motifs is 1. The first-order valence-electron chi connectivity index (χ1n) is 11.6. The van der Waals surface area contributed by atoms with Crippen molar-refractivity contribution in [2.75, 3.05) is 38.1 Å². The number of pyridine rings is 1. The largest absolute Gasteiger partial charge is 0.435 e. The molecule has 2 aliphatic rings. The number of aromatic amines is 1. The van der Waals surface area contributed by atoms with E-state index < -0.39 is 22.9 Å². The molecule has 2 fully saturated rings. The third-order valence-electron chi connectivity index (χ3n) is 7.03. The Kier molecular flexibility index (Phi) is 5.99. The fourth-order valence-electron chi connectivity index (χ4n) is 5.17. The van der Waals surface area contributed by atoms with Gasteiger partial charge in [0.1, 0.15) is 17.5 Å². The number of anilines is 1. The first-order valence-corrected chi connectivity index (χ1v) is 11.6. The van der Waals surface area contributed by atoms with Gasteiger partial charge in [0.05, 0.1) is 11.9 Å². The standard InChI is InChI=1S/C23H26F3N7O2/c1-27-21(34)17-3-2-16(10-28-17)31-8-5-15(6-9-31)32-7-4-14(11-32)18-12-33-13-29-20(23(24,25)26)19(33)22(35)30-18/h2-3,10,12-15H,4-9,11H2,1H3,(H,27,34)(H,30,35). The third kappa shape index (κ3) is 4.49. The van der Waals surface area contributed by atoms with Gasteiger partial charge in [-0.05, 0) is 37.9 Å². The smallest absolute Gasteiger partial charge is 0.370 e. The van der Waals surface area contributed by atoms with Gasteiger partial charge >= 0.3 is 6.18 Å². The number of halogens is 3. The lowest BCUT2D eigenvalue weighted by Gasteiger charge is -2.37.